The first-order valence-corrected chi connectivity index (χ1v) is 4.60. The number of aryl methyl sites for hydroxylation is 1. The highest BCUT2D eigenvalue weighted by atomic mass is 15.6. The Morgan fingerprint density at radius 2 is 2.31 bits per heavy atom. The number of tetrazole rings is 1. The van der Waals surface area contributed by atoms with Crippen molar-refractivity contribution >= 4 is 0 Å². The molecule has 0 spiro atoms. The molecular weight excluding hydrogens is 166 g/mol. The third-order valence-corrected chi connectivity index (χ3v) is 1.97. The zero-order valence-corrected chi connectivity index (χ0v) is 8.49. The molecule has 0 radical (unpaired) electrons. The van der Waals surface area contributed by atoms with Crippen molar-refractivity contribution in [1.29, 1.82) is 0 Å². The van der Waals surface area contributed by atoms with Crippen molar-refractivity contribution in [3.8, 4) is 0 Å². The van der Waals surface area contributed by atoms with Crippen LogP contribution in [0, 0.1) is 5.92 Å². The Morgan fingerprint density at radius 3 is 2.85 bits per heavy atom. The van der Waals surface area contributed by atoms with Gasteiger partial charge in [-0.2, -0.15) is 4.80 Å². The van der Waals surface area contributed by atoms with Crippen molar-refractivity contribution in [2.45, 2.75) is 19.8 Å². The van der Waals surface area contributed by atoms with Crippen molar-refractivity contribution in [1.82, 2.24) is 25.5 Å². The van der Waals surface area contributed by atoms with Crippen molar-refractivity contribution < 1.29 is 0 Å². The average molecular weight is 183 g/mol. The summed E-state index contributed by atoms with van der Waals surface area (Å²) in [6.07, 6.45) is 2.06. The van der Waals surface area contributed by atoms with E-state index in [1.54, 1.807) is 7.05 Å². The first-order valence-electron chi connectivity index (χ1n) is 4.60. The normalized spacial score (nSPS) is 13.2. The predicted molar refractivity (Wildman–Crippen MR) is 50.2 cm³/mol. The Kier molecular flexibility index (Phi) is 3.82. The number of nitrogens with zero attached hydrogens (tertiary/aromatic N) is 4. The lowest BCUT2D eigenvalue weighted by atomic mass is 10.0. The van der Waals surface area contributed by atoms with Gasteiger partial charge in [-0.15, -0.1) is 10.2 Å². The number of nitrogens with one attached hydrogen (secondary N) is 1. The van der Waals surface area contributed by atoms with Crippen LogP contribution in [0.2, 0.25) is 0 Å². The zero-order valence-electron chi connectivity index (χ0n) is 8.49. The number of hydrogen-bond donors (Lipinski definition) is 1. The van der Waals surface area contributed by atoms with E-state index in [9.17, 15) is 0 Å². The second kappa shape index (κ2) is 4.91. The van der Waals surface area contributed by atoms with E-state index in [-0.39, 0.29) is 0 Å². The van der Waals surface area contributed by atoms with E-state index in [0.29, 0.717) is 5.92 Å². The van der Waals surface area contributed by atoms with E-state index < -0.39 is 0 Å². The van der Waals surface area contributed by atoms with Crippen molar-refractivity contribution in [3.05, 3.63) is 5.82 Å². The molecule has 1 aromatic heterocycles. The maximum absolute atomic E-state index is 4.13. The molecule has 0 saturated carbocycles. The lowest BCUT2D eigenvalue weighted by Gasteiger charge is -2.06. The van der Waals surface area contributed by atoms with Gasteiger partial charge in [0.2, 0.25) is 0 Å². The molecule has 5 nitrogen and oxygen atoms in total. The standard InChI is InChI=1S/C8H17N5/c1-7(4-5-9-2)6-8-10-12-13(3)11-8/h7,9H,4-6H2,1-3H3. The smallest absolute Gasteiger partial charge is 0.175 e. The summed E-state index contributed by atoms with van der Waals surface area (Å²) < 4.78 is 0. The van der Waals surface area contributed by atoms with Crippen LogP contribution in [0.3, 0.4) is 0 Å². The number of rotatable bonds is 5. The zero-order chi connectivity index (χ0) is 9.68. The molecule has 5 heteroatoms. The van der Waals surface area contributed by atoms with E-state index in [1.165, 1.54) is 4.80 Å². The van der Waals surface area contributed by atoms with E-state index in [4.69, 9.17) is 0 Å². The van der Waals surface area contributed by atoms with Gasteiger partial charge in [-0.25, -0.2) is 0 Å². The maximum Gasteiger partial charge on any atom is 0.175 e. The second-order valence-corrected chi connectivity index (χ2v) is 3.40. The van der Waals surface area contributed by atoms with Gasteiger partial charge in [0.1, 0.15) is 0 Å². The molecule has 1 rings (SSSR count). The fourth-order valence-corrected chi connectivity index (χ4v) is 1.21. The monoisotopic (exact) mass is 183 g/mol. The highest BCUT2D eigenvalue weighted by molar-refractivity contribution is 4.79. The molecule has 0 aliphatic heterocycles. The molecule has 1 N–H and O–H groups in total. The van der Waals surface area contributed by atoms with Crippen molar-refractivity contribution in [2.75, 3.05) is 13.6 Å². The molecule has 0 bridgehead atoms. The highest BCUT2D eigenvalue weighted by Crippen LogP contribution is 2.06. The first kappa shape index (κ1) is 10.1. The van der Waals surface area contributed by atoms with Gasteiger partial charge in [0.15, 0.2) is 5.82 Å². The van der Waals surface area contributed by atoms with Crippen LogP contribution in [0.15, 0.2) is 0 Å². The molecule has 1 heterocycles. The summed E-state index contributed by atoms with van der Waals surface area (Å²) in [6, 6.07) is 0. The Morgan fingerprint density at radius 1 is 1.54 bits per heavy atom. The molecule has 74 valence electrons. The van der Waals surface area contributed by atoms with Crippen LogP contribution in [0.4, 0.5) is 0 Å². The molecule has 0 aromatic carbocycles. The Balaban J connectivity index is 2.31. The summed E-state index contributed by atoms with van der Waals surface area (Å²) in [6.45, 7) is 3.25. The van der Waals surface area contributed by atoms with E-state index in [1.807, 2.05) is 7.05 Å². The minimum atomic E-state index is 0.608. The van der Waals surface area contributed by atoms with Gasteiger partial charge in [0.05, 0.1) is 7.05 Å². The predicted octanol–water partition coefficient (Wildman–Crippen LogP) is -0.00180. The van der Waals surface area contributed by atoms with Gasteiger partial charge in [-0.3, -0.25) is 0 Å². The number of hydrogen-bond acceptors (Lipinski definition) is 4. The summed E-state index contributed by atoms with van der Waals surface area (Å²) in [4.78, 5) is 1.50. The summed E-state index contributed by atoms with van der Waals surface area (Å²) in [5, 5.41) is 15.0. The Hall–Kier alpha value is -0.970. The van der Waals surface area contributed by atoms with Crippen molar-refractivity contribution in [3.63, 3.8) is 0 Å². The average Bonchev–Trinajstić information content (AvgIpc) is 2.48. The molecule has 13 heavy (non-hydrogen) atoms. The fourth-order valence-electron chi connectivity index (χ4n) is 1.21. The first-order chi connectivity index (χ1) is 6.22. The number of aromatic nitrogens is 4. The Labute approximate surface area is 78.5 Å². The molecule has 1 unspecified atom stereocenters. The molecule has 1 aromatic rings. The molecule has 1 atom stereocenters. The molecule has 0 saturated heterocycles. The SMILES string of the molecule is CNCCC(C)Cc1nnn(C)n1. The lowest BCUT2D eigenvalue weighted by molar-refractivity contribution is 0.501. The topological polar surface area (TPSA) is 55.6 Å². The van der Waals surface area contributed by atoms with Crippen LogP contribution in [0.5, 0.6) is 0 Å². The minimum Gasteiger partial charge on any atom is -0.320 e. The largest absolute Gasteiger partial charge is 0.320 e. The van der Waals surface area contributed by atoms with Crippen LogP contribution in [0.1, 0.15) is 19.2 Å². The lowest BCUT2D eigenvalue weighted by Crippen LogP contribution is -2.13. The van der Waals surface area contributed by atoms with Gasteiger partial charge in [0.25, 0.3) is 0 Å². The van der Waals surface area contributed by atoms with Crippen LogP contribution < -0.4 is 5.32 Å². The van der Waals surface area contributed by atoms with Crippen LogP contribution in [-0.4, -0.2) is 33.8 Å². The molecule has 0 fully saturated rings. The van der Waals surface area contributed by atoms with E-state index >= 15 is 0 Å². The summed E-state index contributed by atoms with van der Waals surface area (Å²) in [5.41, 5.74) is 0. The fraction of sp³-hybridized carbons (Fsp3) is 0.875. The van der Waals surface area contributed by atoms with Crippen LogP contribution >= 0.6 is 0 Å². The summed E-state index contributed by atoms with van der Waals surface area (Å²) in [7, 11) is 3.75. The third kappa shape index (κ3) is 3.50. The maximum atomic E-state index is 4.13. The van der Waals surface area contributed by atoms with Gasteiger partial charge in [-0.05, 0) is 31.1 Å². The Bertz CT molecular complexity index is 244. The quantitative estimate of drug-likeness (QED) is 0.698. The summed E-state index contributed by atoms with van der Waals surface area (Å²) in [5.74, 6) is 1.45. The van der Waals surface area contributed by atoms with Crippen LogP contribution in [0.25, 0.3) is 0 Å². The third-order valence-electron chi connectivity index (χ3n) is 1.97. The van der Waals surface area contributed by atoms with E-state index in [0.717, 1.165) is 25.2 Å². The minimum absolute atomic E-state index is 0.608. The molecular formula is C8H17N5. The van der Waals surface area contributed by atoms with Gasteiger partial charge >= 0.3 is 0 Å². The van der Waals surface area contributed by atoms with Crippen molar-refractivity contribution in [2.24, 2.45) is 13.0 Å². The molecule has 0 aliphatic rings. The summed E-state index contributed by atoms with van der Waals surface area (Å²) >= 11 is 0. The highest BCUT2D eigenvalue weighted by Gasteiger charge is 2.06. The van der Waals surface area contributed by atoms with E-state index in [2.05, 4.69) is 27.7 Å². The van der Waals surface area contributed by atoms with Gasteiger partial charge in [-0.1, -0.05) is 6.92 Å². The van der Waals surface area contributed by atoms with Gasteiger partial charge in [0, 0.05) is 6.42 Å². The molecule has 0 aliphatic carbocycles. The second-order valence-electron chi connectivity index (χ2n) is 3.40. The van der Waals surface area contributed by atoms with Gasteiger partial charge < -0.3 is 5.32 Å². The van der Waals surface area contributed by atoms with Crippen LogP contribution in [-0.2, 0) is 13.5 Å². The molecule has 0 amide bonds.